The van der Waals surface area contributed by atoms with Crippen LogP contribution in [0.3, 0.4) is 0 Å². The van der Waals surface area contributed by atoms with Crippen molar-refractivity contribution < 1.29 is 4.79 Å². The van der Waals surface area contributed by atoms with E-state index in [9.17, 15) is 4.79 Å². The summed E-state index contributed by atoms with van der Waals surface area (Å²) in [7, 11) is 3.98. The van der Waals surface area contributed by atoms with Crippen LogP contribution in [0.4, 0.5) is 11.5 Å². The molecule has 0 radical (unpaired) electrons. The number of aryl methyl sites for hydroxylation is 2. The Morgan fingerprint density at radius 2 is 1.79 bits per heavy atom. The molecule has 0 spiro atoms. The first-order chi connectivity index (χ1) is 16.3. The molecule has 2 aromatic heterocycles. The maximum absolute atomic E-state index is 14.3. The number of nitrogens with zero attached hydrogens (tertiary/aromatic N) is 3. The van der Waals surface area contributed by atoms with Crippen molar-refractivity contribution in [3.63, 3.8) is 0 Å². The van der Waals surface area contributed by atoms with Crippen molar-refractivity contribution in [3.8, 4) is 0 Å². The van der Waals surface area contributed by atoms with E-state index in [4.69, 9.17) is 0 Å². The SMILES string of the molecule is Cc1sc(C)c2c1CCCCC2C(=O)N(Cc1ccc(N(C)C)nc1)c1ccc(C(C)C)cc1. The molecule has 4 nitrogen and oxygen atoms in total. The zero-order valence-corrected chi connectivity index (χ0v) is 22.2. The van der Waals surface area contributed by atoms with Gasteiger partial charge in [0.2, 0.25) is 5.91 Å². The van der Waals surface area contributed by atoms with Gasteiger partial charge in [-0.15, -0.1) is 11.3 Å². The molecule has 180 valence electrons. The van der Waals surface area contributed by atoms with Gasteiger partial charge in [-0.3, -0.25) is 4.79 Å². The Morgan fingerprint density at radius 1 is 1.06 bits per heavy atom. The van der Waals surface area contributed by atoms with Crippen LogP contribution < -0.4 is 9.80 Å². The number of aromatic nitrogens is 1. The predicted octanol–water partition coefficient (Wildman–Crippen LogP) is 6.99. The number of hydrogen-bond donors (Lipinski definition) is 0. The first kappa shape index (κ1) is 24.5. The number of thiophene rings is 1. The van der Waals surface area contributed by atoms with E-state index in [0.717, 1.165) is 42.8 Å². The monoisotopic (exact) mass is 475 g/mol. The van der Waals surface area contributed by atoms with E-state index in [-0.39, 0.29) is 11.8 Å². The van der Waals surface area contributed by atoms with Crippen molar-refractivity contribution in [2.75, 3.05) is 23.9 Å². The van der Waals surface area contributed by atoms with E-state index in [1.165, 1.54) is 26.4 Å². The van der Waals surface area contributed by atoms with Crippen LogP contribution in [0.1, 0.15) is 77.0 Å². The van der Waals surface area contributed by atoms with Gasteiger partial charge in [0.1, 0.15) is 5.82 Å². The maximum atomic E-state index is 14.3. The van der Waals surface area contributed by atoms with Crippen LogP contribution in [-0.2, 0) is 17.8 Å². The van der Waals surface area contributed by atoms with Crippen LogP contribution in [0.5, 0.6) is 0 Å². The van der Waals surface area contributed by atoms with Gasteiger partial charge in [0.15, 0.2) is 0 Å². The maximum Gasteiger partial charge on any atom is 0.234 e. The minimum absolute atomic E-state index is 0.0822. The summed E-state index contributed by atoms with van der Waals surface area (Å²) >= 11 is 1.85. The third-order valence-electron chi connectivity index (χ3n) is 7.00. The summed E-state index contributed by atoms with van der Waals surface area (Å²) in [5, 5.41) is 0. The Bertz CT molecular complexity index is 1130. The van der Waals surface area contributed by atoms with Gasteiger partial charge in [-0.25, -0.2) is 4.98 Å². The standard InChI is InChI=1S/C29H37N3OS/c1-19(2)23-12-14-24(15-13-23)32(18-22-11-16-27(30-17-22)31(5)6)29(33)26-10-8-7-9-25-20(3)34-21(4)28(25)26/h11-17,19,26H,7-10,18H2,1-6H3. The number of amides is 1. The van der Waals surface area contributed by atoms with Gasteiger partial charge in [-0.2, -0.15) is 0 Å². The lowest BCUT2D eigenvalue weighted by Gasteiger charge is -2.28. The van der Waals surface area contributed by atoms with Crippen LogP contribution in [0.15, 0.2) is 42.6 Å². The summed E-state index contributed by atoms with van der Waals surface area (Å²) < 4.78 is 0. The van der Waals surface area contributed by atoms with E-state index in [1.54, 1.807) is 0 Å². The molecule has 5 heteroatoms. The zero-order chi connectivity index (χ0) is 24.4. The Hall–Kier alpha value is -2.66. The smallest absolute Gasteiger partial charge is 0.234 e. The number of pyridine rings is 1. The molecule has 1 aliphatic carbocycles. The molecule has 3 aromatic rings. The Labute approximate surface area is 208 Å². The summed E-state index contributed by atoms with van der Waals surface area (Å²) in [5.41, 5.74) is 6.01. The summed E-state index contributed by atoms with van der Waals surface area (Å²) in [4.78, 5) is 25.5. The van der Waals surface area contributed by atoms with Gasteiger partial charge < -0.3 is 9.80 Å². The van der Waals surface area contributed by atoms with Gasteiger partial charge in [-0.1, -0.05) is 38.5 Å². The third kappa shape index (κ3) is 5.05. The minimum Gasteiger partial charge on any atom is -0.363 e. The lowest BCUT2D eigenvalue weighted by Crippen LogP contribution is -2.35. The van der Waals surface area contributed by atoms with Gasteiger partial charge in [0.05, 0.1) is 12.5 Å². The molecule has 1 aliphatic rings. The van der Waals surface area contributed by atoms with E-state index >= 15 is 0 Å². The second kappa shape index (κ2) is 10.3. The van der Waals surface area contributed by atoms with E-state index in [0.29, 0.717) is 12.5 Å². The first-order valence-electron chi connectivity index (χ1n) is 12.4. The van der Waals surface area contributed by atoms with Crippen molar-refractivity contribution in [3.05, 3.63) is 74.6 Å². The molecule has 1 amide bonds. The number of carbonyl (C=O) groups excluding carboxylic acids is 1. The number of rotatable bonds is 6. The average molecular weight is 476 g/mol. The number of hydrogen-bond acceptors (Lipinski definition) is 4. The summed E-state index contributed by atoms with van der Waals surface area (Å²) in [6, 6.07) is 12.6. The molecule has 1 unspecified atom stereocenters. The molecule has 1 atom stereocenters. The number of fused-ring (bicyclic) bond motifs is 1. The number of benzene rings is 1. The second-order valence-corrected chi connectivity index (χ2v) is 11.4. The van der Waals surface area contributed by atoms with Crippen LogP contribution in [-0.4, -0.2) is 25.0 Å². The Kier molecular flexibility index (Phi) is 7.42. The molecular weight excluding hydrogens is 438 g/mol. The topological polar surface area (TPSA) is 36.4 Å². The number of carbonyl (C=O) groups is 1. The molecule has 1 aromatic carbocycles. The van der Waals surface area contributed by atoms with Gasteiger partial charge >= 0.3 is 0 Å². The summed E-state index contributed by atoms with van der Waals surface area (Å²) in [6.45, 7) is 9.32. The predicted molar refractivity (Wildman–Crippen MR) is 144 cm³/mol. The zero-order valence-electron chi connectivity index (χ0n) is 21.4. The Balaban J connectivity index is 1.72. The van der Waals surface area contributed by atoms with E-state index in [1.807, 2.05) is 47.5 Å². The van der Waals surface area contributed by atoms with Crippen LogP contribution in [0.25, 0.3) is 0 Å². The van der Waals surface area contributed by atoms with Crippen LogP contribution >= 0.6 is 11.3 Å². The van der Waals surface area contributed by atoms with Crippen LogP contribution in [0, 0.1) is 13.8 Å². The van der Waals surface area contributed by atoms with Crippen molar-refractivity contribution >= 4 is 28.7 Å². The van der Waals surface area contributed by atoms with Gasteiger partial charge in [0.25, 0.3) is 0 Å². The molecule has 34 heavy (non-hydrogen) atoms. The lowest BCUT2D eigenvalue weighted by molar-refractivity contribution is -0.120. The quantitative estimate of drug-likeness (QED) is 0.360. The van der Waals surface area contributed by atoms with Crippen molar-refractivity contribution in [1.82, 2.24) is 4.98 Å². The molecule has 0 fully saturated rings. The molecular formula is C29H37N3OS. The second-order valence-electron chi connectivity index (χ2n) is 9.99. The highest BCUT2D eigenvalue weighted by molar-refractivity contribution is 7.12. The lowest BCUT2D eigenvalue weighted by atomic mass is 9.91. The van der Waals surface area contributed by atoms with E-state index in [2.05, 4.69) is 63.0 Å². The highest BCUT2D eigenvalue weighted by Crippen LogP contribution is 2.41. The first-order valence-corrected chi connectivity index (χ1v) is 13.2. The average Bonchev–Trinajstić information content (AvgIpc) is 2.98. The molecule has 4 rings (SSSR count). The third-order valence-corrected chi connectivity index (χ3v) is 8.08. The number of anilines is 2. The molecule has 0 saturated heterocycles. The minimum atomic E-state index is -0.0822. The van der Waals surface area contributed by atoms with Gasteiger partial charge in [-0.05, 0) is 79.5 Å². The molecule has 0 N–H and O–H groups in total. The highest BCUT2D eigenvalue weighted by atomic mass is 32.1. The summed E-state index contributed by atoms with van der Waals surface area (Å²) in [6.07, 6.45) is 6.16. The van der Waals surface area contributed by atoms with Gasteiger partial charge in [0, 0.05) is 35.7 Å². The molecule has 0 aliphatic heterocycles. The summed E-state index contributed by atoms with van der Waals surface area (Å²) in [5.74, 6) is 1.50. The fraction of sp³-hybridized carbons (Fsp3) is 0.448. The highest BCUT2D eigenvalue weighted by Gasteiger charge is 2.33. The molecule has 0 bridgehead atoms. The molecule has 2 heterocycles. The molecule has 0 saturated carbocycles. The Morgan fingerprint density at radius 3 is 2.41 bits per heavy atom. The fourth-order valence-corrected chi connectivity index (χ4v) is 6.21. The normalized spacial score (nSPS) is 15.7. The van der Waals surface area contributed by atoms with E-state index < -0.39 is 0 Å². The van der Waals surface area contributed by atoms with Crippen molar-refractivity contribution in [2.45, 2.75) is 71.8 Å². The van der Waals surface area contributed by atoms with Crippen LogP contribution in [0.2, 0.25) is 0 Å². The van der Waals surface area contributed by atoms with Crippen molar-refractivity contribution in [1.29, 1.82) is 0 Å². The van der Waals surface area contributed by atoms with Crippen molar-refractivity contribution in [2.24, 2.45) is 0 Å². The largest absolute Gasteiger partial charge is 0.363 e. The fourth-order valence-electron chi connectivity index (χ4n) is 5.04.